The summed E-state index contributed by atoms with van der Waals surface area (Å²) in [7, 11) is 0. The van der Waals surface area contributed by atoms with Crippen molar-refractivity contribution in [2.45, 2.75) is 50.7 Å². The van der Waals surface area contributed by atoms with Gasteiger partial charge in [-0.1, -0.05) is 0 Å². The van der Waals surface area contributed by atoms with Crippen LogP contribution in [0, 0.1) is 5.92 Å². The first-order chi connectivity index (χ1) is 7.18. The average Bonchev–Trinajstić information content (AvgIpc) is 2.16. The molecule has 2 bridgehead atoms. The number of hydrogen-bond acceptors (Lipinski definition) is 2. The van der Waals surface area contributed by atoms with Crippen molar-refractivity contribution >= 4 is 5.78 Å². The number of ether oxygens (including phenoxy) is 1. The van der Waals surface area contributed by atoms with Gasteiger partial charge in [-0.25, -0.2) is 0 Å². The smallest absolute Gasteiger partial charge is 0.238 e. The molecule has 0 radical (unpaired) electrons. The first kappa shape index (κ1) is 9.40. The van der Waals surface area contributed by atoms with Gasteiger partial charge < -0.3 is 10.5 Å². The predicted octanol–water partition coefficient (Wildman–Crippen LogP) is 1.15. The minimum atomic E-state index is -0.209. The number of Topliss-reactive ketones (excluding diaryl/α,β-unsaturated/α-hetero) is 1. The Morgan fingerprint density at radius 1 is 1.33 bits per heavy atom. The molecule has 3 aliphatic rings. The second-order valence-corrected chi connectivity index (χ2v) is 5.19. The lowest BCUT2D eigenvalue weighted by Gasteiger charge is -2.42. The van der Waals surface area contributed by atoms with Crippen LogP contribution in [-0.4, -0.2) is 11.5 Å². The van der Waals surface area contributed by atoms with Crippen molar-refractivity contribution in [2.75, 3.05) is 0 Å². The second kappa shape index (κ2) is 3.08. The highest BCUT2D eigenvalue weighted by molar-refractivity contribution is 5.97. The molecule has 2 aliphatic carbocycles. The van der Waals surface area contributed by atoms with E-state index in [2.05, 4.69) is 5.73 Å². The van der Waals surface area contributed by atoms with Crippen LogP contribution in [0.3, 0.4) is 0 Å². The largest absolute Gasteiger partial charge is 0.444 e. The first-order valence-corrected chi connectivity index (χ1v) is 5.99. The molecule has 82 valence electrons. The van der Waals surface area contributed by atoms with Gasteiger partial charge in [0.1, 0.15) is 5.76 Å². The number of rotatable bonds is 0. The van der Waals surface area contributed by atoms with E-state index < -0.39 is 0 Å². The molecule has 1 aliphatic heterocycles. The Bertz CT molecular complexity index is 348. The van der Waals surface area contributed by atoms with Crippen molar-refractivity contribution in [3.8, 4) is 0 Å². The maximum absolute atomic E-state index is 11.9. The van der Waals surface area contributed by atoms with E-state index in [-0.39, 0.29) is 5.72 Å². The van der Waals surface area contributed by atoms with Crippen molar-refractivity contribution < 1.29 is 15.3 Å². The molecule has 3 nitrogen and oxygen atoms in total. The number of allylic oxidation sites excluding steroid dienone is 2. The minimum absolute atomic E-state index is 0.209. The van der Waals surface area contributed by atoms with Crippen LogP contribution in [-0.2, 0) is 9.53 Å². The van der Waals surface area contributed by atoms with E-state index in [1.807, 2.05) is 0 Å². The topological polar surface area (TPSA) is 53.9 Å². The van der Waals surface area contributed by atoms with E-state index in [1.54, 1.807) is 0 Å². The number of fused-ring (bicyclic) bond motifs is 3. The molecule has 0 saturated heterocycles. The van der Waals surface area contributed by atoms with Crippen molar-refractivity contribution in [1.29, 1.82) is 0 Å². The van der Waals surface area contributed by atoms with Gasteiger partial charge in [-0.3, -0.25) is 4.79 Å². The van der Waals surface area contributed by atoms with Crippen molar-refractivity contribution in [1.82, 2.24) is 0 Å². The van der Waals surface area contributed by atoms with Crippen LogP contribution < -0.4 is 5.73 Å². The zero-order chi connectivity index (χ0) is 10.5. The summed E-state index contributed by atoms with van der Waals surface area (Å²) in [5, 5.41) is 0. The van der Waals surface area contributed by atoms with Crippen molar-refractivity contribution in [3.05, 3.63) is 11.3 Å². The third-order valence-electron chi connectivity index (χ3n) is 3.96. The number of quaternary nitrogens is 1. The first-order valence-electron chi connectivity index (χ1n) is 5.99. The van der Waals surface area contributed by atoms with Crippen LogP contribution in [0.1, 0.15) is 44.9 Å². The molecule has 0 aromatic carbocycles. The molecule has 15 heavy (non-hydrogen) atoms. The Balaban J connectivity index is 2.02. The standard InChI is InChI=1S/C12H17NO2/c13-12-6-2-3-8(7-12)11-9(14)4-1-5-10(11)15-12/h8H,1-7,13H2/p+1/t8-,12+/m1/s1. The highest BCUT2D eigenvalue weighted by Gasteiger charge is 2.47. The number of carbonyl (C=O) groups excluding carboxylic acids is 1. The molecule has 1 saturated carbocycles. The van der Waals surface area contributed by atoms with Crippen molar-refractivity contribution in [3.63, 3.8) is 0 Å². The zero-order valence-corrected chi connectivity index (χ0v) is 9.05. The molecule has 1 fully saturated rings. The Kier molecular flexibility index (Phi) is 1.93. The summed E-state index contributed by atoms with van der Waals surface area (Å²) >= 11 is 0. The lowest BCUT2D eigenvalue weighted by atomic mass is 9.73. The van der Waals surface area contributed by atoms with Crippen molar-refractivity contribution in [2.24, 2.45) is 5.92 Å². The lowest BCUT2D eigenvalue weighted by Crippen LogP contribution is -2.76. The zero-order valence-electron chi connectivity index (χ0n) is 9.05. The van der Waals surface area contributed by atoms with E-state index in [9.17, 15) is 4.79 Å². The van der Waals surface area contributed by atoms with E-state index in [1.165, 1.54) is 0 Å². The Morgan fingerprint density at radius 3 is 3.07 bits per heavy atom. The molecule has 3 N–H and O–H groups in total. The van der Waals surface area contributed by atoms with Gasteiger partial charge >= 0.3 is 0 Å². The molecule has 2 atom stereocenters. The number of ketones is 1. The highest BCUT2D eigenvalue weighted by Crippen LogP contribution is 2.45. The average molecular weight is 208 g/mol. The molecule has 3 rings (SSSR count). The summed E-state index contributed by atoms with van der Waals surface area (Å²) < 4.78 is 5.97. The van der Waals surface area contributed by atoms with Gasteiger partial charge in [-0.2, -0.15) is 0 Å². The quantitative estimate of drug-likeness (QED) is 0.649. The van der Waals surface area contributed by atoms with E-state index in [4.69, 9.17) is 4.74 Å². The fraction of sp³-hybridized carbons (Fsp3) is 0.750. The fourth-order valence-electron chi connectivity index (χ4n) is 3.32. The van der Waals surface area contributed by atoms with E-state index in [0.717, 1.165) is 56.3 Å². The van der Waals surface area contributed by atoms with Gasteiger partial charge in [0.2, 0.25) is 5.72 Å². The van der Waals surface area contributed by atoms with Crippen LogP contribution in [0.2, 0.25) is 0 Å². The molecule has 0 spiro atoms. The highest BCUT2D eigenvalue weighted by atomic mass is 16.5. The van der Waals surface area contributed by atoms with Gasteiger partial charge in [0, 0.05) is 37.2 Å². The SMILES string of the molecule is [NH3+][C@]12CCC[C@H](C1)C1=C(CCCC1=O)O2. The molecule has 0 aromatic heterocycles. The summed E-state index contributed by atoms with van der Waals surface area (Å²) in [4.78, 5) is 11.9. The summed E-state index contributed by atoms with van der Waals surface area (Å²) in [6, 6.07) is 0. The van der Waals surface area contributed by atoms with Gasteiger partial charge in [-0.15, -0.1) is 0 Å². The molecular formula is C12H18NO2+. The molecular weight excluding hydrogens is 190 g/mol. The monoisotopic (exact) mass is 208 g/mol. The van der Waals surface area contributed by atoms with Gasteiger partial charge in [0.05, 0.1) is 0 Å². The summed E-state index contributed by atoms with van der Waals surface area (Å²) in [5.41, 5.74) is 5.02. The predicted molar refractivity (Wildman–Crippen MR) is 54.5 cm³/mol. The Labute approximate surface area is 89.7 Å². The number of hydrogen-bond donors (Lipinski definition) is 1. The minimum Gasteiger partial charge on any atom is -0.444 e. The fourth-order valence-corrected chi connectivity index (χ4v) is 3.32. The van der Waals surface area contributed by atoms with Gasteiger partial charge in [0.25, 0.3) is 0 Å². The third-order valence-corrected chi connectivity index (χ3v) is 3.96. The van der Waals surface area contributed by atoms with Gasteiger partial charge in [0.15, 0.2) is 5.78 Å². The van der Waals surface area contributed by atoms with Crippen LogP contribution in [0.5, 0.6) is 0 Å². The molecule has 3 heteroatoms. The Hall–Kier alpha value is -0.830. The van der Waals surface area contributed by atoms with Crippen LogP contribution in [0.15, 0.2) is 11.3 Å². The molecule has 0 aromatic rings. The van der Waals surface area contributed by atoms with E-state index in [0.29, 0.717) is 11.7 Å². The van der Waals surface area contributed by atoms with Crippen LogP contribution in [0.4, 0.5) is 0 Å². The van der Waals surface area contributed by atoms with Crippen LogP contribution >= 0.6 is 0 Å². The van der Waals surface area contributed by atoms with Crippen LogP contribution in [0.25, 0.3) is 0 Å². The maximum Gasteiger partial charge on any atom is 0.238 e. The normalized spacial score (nSPS) is 39.8. The van der Waals surface area contributed by atoms with Gasteiger partial charge in [-0.05, 0) is 19.3 Å². The summed E-state index contributed by atoms with van der Waals surface area (Å²) in [6.07, 6.45) is 6.95. The Morgan fingerprint density at radius 2 is 2.20 bits per heavy atom. The maximum atomic E-state index is 11.9. The molecule has 1 heterocycles. The second-order valence-electron chi connectivity index (χ2n) is 5.19. The molecule has 0 unspecified atom stereocenters. The molecule has 0 amide bonds. The summed E-state index contributed by atoms with van der Waals surface area (Å²) in [6.45, 7) is 0. The van der Waals surface area contributed by atoms with E-state index >= 15 is 0 Å². The number of carbonyl (C=O) groups is 1. The lowest BCUT2D eigenvalue weighted by molar-refractivity contribution is -0.560. The summed E-state index contributed by atoms with van der Waals surface area (Å²) in [5.74, 6) is 1.77. The third kappa shape index (κ3) is 1.41.